The van der Waals surface area contributed by atoms with Gasteiger partial charge in [-0.1, -0.05) is 27.2 Å². The normalized spacial score (nSPS) is 25.5. The molecule has 12 heavy (non-hydrogen) atoms. The van der Waals surface area contributed by atoms with Gasteiger partial charge in [-0.3, -0.25) is 0 Å². The lowest BCUT2D eigenvalue weighted by Gasteiger charge is -2.25. The molecule has 72 valence electrons. The van der Waals surface area contributed by atoms with Gasteiger partial charge >= 0.3 is 0 Å². The molecule has 0 amide bonds. The van der Waals surface area contributed by atoms with E-state index in [0.29, 0.717) is 0 Å². The van der Waals surface area contributed by atoms with Gasteiger partial charge in [0.1, 0.15) is 0 Å². The lowest BCUT2D eigenvalue weighted by Crippen LogP contribution is -2.32. The van der Waals surface area contributed by atoms with Crippen LogP contribution in [0.1, 0.15) is 46.5 Å². The Morgan fingerprint density at radius 3 is 2.75 bits per heavy atom. The molecule has 0 aromatic rings. The second-order valence-electron chi connectivity index (χ2n) is 4.47. The molecule has 1 nitrogen and oxygen atoms in total. The highest BCUT2D eigenvalue weighted by atomic mass is 15.2. The Hall–Kier alpha value is -0.0400. The smallest absolute Gasteiger partial charge is 0.00957 e. The van der Waals surface area contributed by atoms with Gasteiger partial charge < -0.3 is 4.90 Å². The Morgan fingerprint density at radius 2 is 2.17 bits per heavy atom. The van der Waals surface area contributed by atoms with E-state index in [1.54, 1.807) is 0 Å². The van der Waals surface area contributed by atoms with Crippen molar-refractivity contribution in [3.05, 3.63) is 0 Å². The monoisotopic (exact) mass is 169 g/mol. The number of rotatable bonds is 4. The summed E-state index contributed by atoms with van der Waals surface area (Å²) in [6.07, 6.45) is 5.63. The Kier molecular flexibility index (Phi) is 4.07. The summed E-state index contributed by atoms with van der Waals surface area (Å²) >= 11 is 0. The zero-order chi connectivity index (χ0) is 8.97. The number of hydrogen-bond donors (Lipinski definition) is 0. The van der Waals surface area contributed by atoms with E-state index in [-0.39, 0.29) is 0 Å². The van der Waals surface area contributed by atoms with Crippen molar-refractivity contribution in [3.8, 4) is 0 Å². The zero-order valence-electron chi connectivity index (χ0n) is 8.84. The van der Waals surface area contributed by atoms with Crippen LogP contribution in [-0.2, 0) is 0 Å². The summed E-state index contributed by atoms with van der Waals surface area (Å²) in [5.74, 6) is 0.836. The Morgan fingerprint density at radius 1 is 1.42 bits per heavy atom. The fraction of sp³-hybridized carbons (Fsp3) is 1.00. The molecule has 1 rings (SSSR count). The van der Waals surface area contributed by atoms with Crippen LogP contribution in [0.5, 0.6) is 0 Å². The van der Waals surface area contributed by atoms with Crippen LogP contribution in [-0.4, -0.2) is 24.0 Å². The van der Waals surface area contributed by atoms with Crippen molar-refractivity contribution in [2.24, 2.45) is 5.92 Å². The largest absolute Gasteiger partial charge is 0.300 e. The summed E-state index contributed by atoms with van der Waals surface area (Å²) < 4.78 is 0. The molecule has 0 radical (unpaired) electrons. The highest BCUT2D eigenvalue weighted by molar-refractivity contribution is 4.79. The maximum Gasteiger partial charge on any atom is 0.00957 e. The van der Waals surface area contributed by atoms with Crippen LogP contribution in [0.3, 0.4) is 0 Å². The summed E-state index contributed by atoms with van der Waals surface area (Å²) in [6, 6.07) is 0.914. The molecule has 0 unspecified atom stereocenters. The molecule has 1 saturated heterocycles. The Labute approximate surface area is 77.1 Å². The van der Waals surface area contributed by atoms with Crippen LogP contribution < -0.4 is 0 Å². The average Bonchev–Trinajstić information content (AvgIpc) is 2.37. The van der Waals surface area contributed by atoms with Gasteiger partial charge in [-0.25, -0.2) is 0 Å². The molecular weight excluding hydrogens is 146 g/mol. The van der Waals surface area contributed by atoms with Crippen LogP contribution in [0, 0.1) is 5.92 Å². The van der Waals surface area contributed by atoms with E-state index in [2.05, 4.69) is 25.7 Å². The van der Waals surface area contributed by atoms with Gasteiger partial charge in [0.2, 0.25) is 0 Å². The molecule has 1 aliphatic rings. The molecule has 0 aliphatic carbocycles. The molecule has 0 aromatic heterocycles. The number of nitrogens with zero attached hydrogens (tertiary/aromatic N) is 1. The van der Waals surface area contributed by atoms with Crippen molar-refractivity contribution in [2.75, 3.05) is 13.1 Å². The third-order valence-corrected chi connectivity index (χ3v) is 2.72. The van der Waals surface area contributed by atoms with Crippen molar-refractivity contribution in [1.29, 1.82) is 0 Å². The standard InChI is InChI=1S/C11H23N/c1-4-6-11-7-5-8-12(11)9-10(2)3/h10-11H,4-9H2,1-3H3/t11-/m0/s1. The first-order valence-corrected chi connectivity index (χ1v) is 5.48. The first-order chi connectivity index (χ1) is 5.74. The fourth-order valence-electron chi connectivity index (χ4n) is 2.26. The van der Waals surface area contributed by atoms with Crippen molar-refractivity contribution in [2.45, 2.75) is 52.5 Å². The van der Waals surface area contributed by atoms with E-state index in [0.717, 1.165) is 12.0 Å². The molecule has 1 heteroatoms. The van der Waals surface area contributed by atoms with Crippen LogP contribution in [0.15, 0.2) is 0 Å². The lowest BCUT2D eigenvalue weighted by molar-refractivity contribution is 0.216. The first-order valence-electron chi connectivity index (χ1n) is 5.48. The zero-order valence-corrected chi connectivity index (χ0v) is 8.84. The minimum atomic E-state index is 0.836. The van der Waals surface area contributed by atoms with Crippen LogP contribution in [0.4, 0.5) is 0 Å². The summed E-state index contributed by atoms with van der Waals surface area (Å²) in [5.41, 5.74) is 0. The van der Waals surface area contributed by atoms with E-state index >= 15 is 0 Å². The second-order valence-corrected chi connectivity index (χ2v) is 4.47. The minimum Gasteiger partial charge on any atom is -0.300 e. The molecule has 1 fully saturated rings. The molecular formula is C11H23N. The van der Waals surface area contributed by atoms with E-state index in [1.807, 2.05) is 0 Å². The van der Waals surface area contributed by atoms with Crippen LogP contribution >= 0.6 is 0 Å². The summed E-state index contributed by atoms with van der Waals surface area (Å²) in [4.78, 5) is 2.69. The Balaban J connectivity index is 2.30. The molecule has 0 spiro atoms. The third kappa shape index (κ3) is 2.78. The van der Waals surface area contributed by atoms with Gasteiger partial charge in [-0.2, -0.15) is 0 Å². The third-order valence-electron chi connectivity index (χ3n) is 2.72. The predicted octanol–water partition coefficient (Wildman–Crippen LogP) is 2.91. The van der Waals surface area contributed by atoms with E-state index in [1.165, 1.54) is 38.8 Å². The molecule has 0 N–H and O–H groups in total. The van der Waals surface area contributed by atoms with Crippen LogP contribution in [0.25, 0.3) is 0 Å². The molecule has 1 heterocycles. The fourth-order valence-corrected chi connectivity index (χ4v) is 2.26. The summed E-state index contributed by atoms with van der Waals surface area (Å²) in [6.45, 7) is 9.60. The van der Waals surface area contributed by atoms with Crippen molar-refractivity contribution in [1.82, 2.24) is 4.90 Å². The van der Waals surface area contributed by atoms with E-state index < -0.39 is 0 Å². The molecule has 1 aliphatic heterocycles. The van der Waals surface area contributed by atoms with Crippen molar-refractivity contribution in [3.63, 3.8) is 0 Å². The second kappa shape index (κ2) is 4.86. The topological polar surface area (TPSA) is 3.24 Å². The number of hydrogen-bond acceptors (Lipinski definition) is 1. The molecule has 0 saturated carbocycles. The molecule has 1 atom stereocenters. The highest BCUT2D eigenvalue weighted by Gasteiger charge is 2.23. The van der Waals surface area contributed by atoms with Gasteiger partial charge in [0, 0.05) is 12.6 Å². The summed E-state index contributed by atoms with van der Waals surface area (Å²) in [7, 11) is 0. The van der Waals surface area contributed by atoms with Crippen molar-refractivity contribution >= 4 is 0 Å². The van der Waals surface area contributed by atoms with Crippen molar-refractivity contribution < 1.29 is 0 Å². The molecule has 0 bridgehead atoms. The SMILES string of the molecule is CCC[C@H]1CCCN1CC(C)C. The average molecular weight is 169 g/mol. The summed E-state index contributed by atoms with van der Waals surface area (Å²) in [5, 5.41) is 0. The van der Waals surface area contributed by atoms with Gasteiger partial charge in [0.25, 0.3) is 0 Å². The predicted molar refractivity (Wildman–Crippen MR) is 54.3 cm³/mol. The van der Waals surface area contributed by atoms with Gasteiger partial charge in [-0.05, 0) is 31.7 Å². The highest BCUT2D eigenvalue weighted by Crippen LogP contribution is 2.21. The van der Waals surface area contributed by atoms with Crippen LogP contribution in [0.2, 0.25) is 0 Å². The maximum absolute atomic E-state index is 2.69. The minimum absolute atomic E-state index is 0.836. The van der Waals surface area contributed by atoms with Gasteiger partial charge in [0.05, 0.1) is 0 Å². The number of likely N-dealkylation sites (tertiary alicyclic amines) is 1. The van der Waals surface area contributed by atoms with Gasteiger partial charge in [-0.15, -0.1) is 0 Å². The maximum atomic E-state index is 2.69. The van der Waals surface area contributed by atoms with Gasteiger partial charge in [0.15, 0.2) is 0 Å². The quantitative estimate of drug-likeness (QED) is 0.625. The van der Waals surface area contributed by atoms with E-state index in [9.17, 15) is 0 Å². The lowest BCUT2D eigenvalue weighted by atomic mass is 10.1. The Bertz CT molecular complexity index is 120. The first kappa shape index (κ1) is 10.0. The van der Waals surface area contributed by atoms with E-state index in [4.69, 9.17) is 0 Å². The molecule has 0 aromatic carbocycles.